The monoisotopic (exact) mass is 259 g/mol. The van der Waals surface area contributed by atoms with Gasteiger partial charge in [0.05, 0.1) is 12.7 Å². The highest BCUT2D eigenvalue weighted by atomic mass is 32.1. The molecule has 4 nitrogen and oxygen atoms in total. The molecule has 1 aromatic heterocycles. The largest absolute Gasteiger partial charge is 0.495 e. The van der Waals surface area contributed by atoms with E-state index in [9.17, 15) is 0 Å². The molecule has 1 heterocycles. The zero-order valence-corrected chi connectivity index (χ0v) is 10.8. The van der Waals surface area contributed by atoms with E-state index in [4.69, 9.17) is 10.00 Å². The van der Waals surface area contributed by atoms with Gasteiger partial charge in [0.25, 0.3) is 0 Å². The van der Waals surface area contributed by atoms with Crippen LogP contribution in [0.5, 0.6) is 5.75 Å². The molecule has 5 heteroatoms. The summed E-state index contributed by atoms with van der Waals surface area (Å²) in [6.45, 7) is 1.45. The number of methoxy groups -OCH3 is 1. The molecule has 1 aromatic carbocycles. The third kappa shape index (κ3) is 3.06. The molecule has 0 atom stereocenters. The number of aromatic nitrogens is 1. The molecular formula is C13H13N3OS. The van der Waals surface area contributed by atoms with Crippen LogP contribution in [-0.2, 0) is 13.1 Å². The molecule has 0 radical (unpaired) electrons. The minimum atomic E-state index is 0.561. The van der Waals surface area contributed by atoms with Gasteiger partial charge in [0.15, 0.2) is 0 Å². The van der Waals surface area contributed by atoms with Crippen molar-refractivity contribution in [3.8, 4) is 11.8 Å². The maximum Gasteiger partial charge on any atom is 0.136 e. The first-order chi connectivity index (χ1) is 8.83. The first-order valence-electron chi connectivity index (χ1n) is 5.49. The van der Waals surface area contributed by atoms with Crippen LogP contribution in [0.25, 0.3) is 0 Å². The van der Waals surface area contributed by atoms with Gasteiger partial charge in [0.1, 0.15) is 16.8 Å². The van der Waals surface area contributed by atoms with Crippen molar-refractivity contribution in [3.63, 3.8) is 0 Å². The lowest BCUT2D eigenvalue weighted by Gasteiger charge is -2.06. The van der Waals surface area contributed by atoms with Gasteiger partial charge in [-0.2, -0.15) is 5.26 Å². The predicted octanol–water partition coefficient (Wildman–Crippen LogP) is 2.31. The highest BCUT2D eigenvalue weighted by Gasteiger charge is 2.03. The van der Waals surface area contributed by atoms with E-state index in [1.165, 1.54) is 0 Å². The van der Waals surface area contributed by atoms with E-state index in [1.54, 1.807) is 24.6 Å². The highest BCUT2D eigenvalue weighted by Crippen LogP contribution is 2.18. The van der Waals surface area contributed by atoms with Gasteiger partial charge in [-0.15, -0.1) is 11.3 Å². The molecule has 0 fully saturated rings. The summed E-state index contributed by atoms with van der Waals surface area (Å²) in [4.78, 5) is 4.19. The van der Waals surface area contributed by atoms with Crippen LogP contribution in [-0.4, -0.2) is 12.1 Å². The zero-order valence-electron chi connectivity index (χ0n) is 10.0. The zero-order chi connectivity index (χ0) is 12.8. The predicted molar refractivity (Wildman–Crippen MR) is 70.4 cm³/mol. The maximum atomic E-state index is 8.99. The molecule has 0 amide bonds. The molecule has 18 heavy (non-hydrogen) atoms. The van der Waals surface area contributed by atoms with E-state index in [0.29, 0.717) is 17.9 Å². The maximum absolute atomic E-state index is 8.99. The lowest BCUT2D eigenvalue weighted by molar-refractivity contribution is 0.413. The van der Waals surface area contributed by atoms with E-state index in [-0.39, 0.29) is 0 Å². The highest BCUT2D eigenvalue weighted by molar-refractivity contribution is 7.09. The van der Waals surface area contributed by atoms with Crippen LogP contribution in [0, 0.1) is 11.3 Å². The van der Waals surface area contributed by atoms with E-state index in [0.717, 1.165) is 17.1 Å². The summed E-state index contributed by atoms with van der Waals surface area (Å²) in [5.41, 5.74) is 1.62. The number of ether oxygens (including phenoxy) is 1. The average Bonchev–Trinajstić information content (AvgIpc) is 2.91. The van der Waals surface area contributed by atoms with Gasteiger partial charge in [-0.25, -0.2) is 4.98 Å². The second-order valence-corrected chi connectivity index (χ2v) is 4.65. The first kappa shape index (κ1) is 12.6. The van der Waals surface area contributed by atoms with Gasteiger partial charge in [-0.05, 0) is 17.7 Å². The number of hydrogen-bond donors (Lipinski definition) is 1. The van der Waals surface area contributed by atoms with Crippen molar-refractivity contribution >= 4 is 11.3 Å². The molecule has 0 unspecified atom stereocenters. The average molecular weight is 259 g/mol. The fourth-order valence-corrected chi connectivity index (χ4v) is 2.19. The van der Waals surface area contributed by atoms with E-state index in [1.807, 2.05) is 23.6 Å². The number of hydrogen-bond acceptors (Lipinski definition) is 5. The number of nitrogens with zero attached hydrogens (tertiary/aromatic N) is 2. The molecule has 1 N–H and O–H groups in total. The Morgan fingerprint density at radius 3 is 3.00 bits per heavy atom. The number of benzene rings is 1. The summed E-state index contributed by atoms with van der Waals surface area (Å²) in [6, 6.07) is 7.74. The van der Waals surface area contributed by atoms with Crippen LogP contribution in [0.2, 0.25) is 0 Å². The second-order valence-electron chi connectivity index (χ2n) is 3.68. The molecule has 0 aliphatic carbocycles. The van der Waals surface area contributed by atoms with Crippen molar-refractivity contribution in [2.24, 2.45) is 0 Å². The van der Waals surface area contributed by atoms with Gasteiger partial charge in [0, 0.05) is 24.7 Å². The third-order valence-corrected chi connectivity index (χ3v) is 3.25. The molecule has 0 bridgehead atoms. The fourth-order valence-electron chi connectivity index (χ4n) is 1.61. The molecule has 2 aromatic rings. The van der Waals surface area contributed by atoms with Gasteiger partial charge in [-0.3, -0.25) is 0 Å². The van der Waals surface area contributed by atoms with Crippen molar-refractivity contribution in [1.29, 1.82) is 5.26 Å². The quantitative estimate of drug-likeness (QED) is 0.895. The summed E-state index contributed by atoms with van der Waals surface area (Å²) < 4.78 is 5.10. The van der Waals surface area contributed by atoms with Crippen molar-refractivity contribution < 1.29 is 4.74 Å². The number of nitrogens with one attached hydrogen (secondary N) is 1. The number of thiazole rings is 1. The van der Waals surface area contributed by atoms with Gasteiger partial charge in [-0.1, -0.05) is 6.07 Å². The summed E-state index contributed by atoms with van der Waals surface area (Å²) >= 11 is 1.63. The van der Waals surface area contributed by atoms with Crippen LogP contribution < -0.4 is 10.1 Å². The van der Waals surface area contributed by atoms with Crippen LogP contribution >= 0.6 is 11.3 Å². The van der Waals surface area contributed by atoms with E-state index in [2.05, 4.69) is 16.4 Å². The second kappa shape index (κ2) is 6.15. The van der Waals surface area contributed by atoms with Gasteiger partial charge >= 0.3 is 0 Å². The van der Waals surface area contributed by atoms with Crippen molar-refractivity contribution in [2.45, 2.75) is 13.1 Å². The van der Waals surface area contributed by atoms with Crippen LogP contribution in [0.1, 0.15) is 16.1 Å². The third-order valence-electron chi connectivity index (χ3n) is 2.47. The lowest BCUT2D eigenvalue weighted by atomic mass is 10.1. The molecule has 0 aliphatic heterocycles. The standard InChI is InChI=1S/C13H13N3OS/c1-17-12-3-2-10(6-11(12)7-14)8-15-9-13-16-4-5-18-13/h2-6,15H,8-9H2,1H3. The smallest absolute Gasteiger partial charge is 0.136 e. The van der Waals surface area contributed by atoms with Crippen molar-refractivity contribution in [2.75, 3.05) is 7.11 Å². The van der Waals surface area contributed by atoms with E-state index < -0.39 is 0 Å². The minimum absolute atomic E-state index is 0.561. The Hall–Kier alpha value is -1.90. The number of rotatable bonds is 5. The first-order valence-corrected chi connectivity index (χ1v) is 6.37. The molecule has 0 spiro atoms. The Morgan fingerprint density at radius 2 is 2.33 bits per heavy atom. The Kier molecular flexibility index (Phi) is 4.29. The van der Waals surface area contributed by atoms with Crippen molar-refractivity contribution in [1.82, 2.24) is 10.3 Å². The van der Waals surface area contributed by atoms with Crippen LogP contribution in [0.15, 0.2) is 29.8 Å². The van der Waals surface area contributed by atoms with Gasteiger partial charge in [0.2, 0.25) is 0 Å². The summed E-state index contributed by atoms with van der Waals surface area (Å²) in [5, 5.41) is 15.3. The molecule has 0 saturated heterocycles. The Balaban J connectivity index is 1.96. The van der Waals surface area contributed by atoms with Gasteiger partial charge < -0.3 is 10.1 Å². The Bertz CT molecular complexity index is 546. The summed E-state index contributed by atoms with van der Waals surface area (Å²) in [5.74, 6) is 0.612. The van der Waals surface area contributed by atoms with Crippen molar-refractivity contribution in [3.05, 3.63) is 45.9 Å². The minimum Gasteiger partial charge on any atom is -0.495 e. The Labute approximate surface area is 110 Å². The van der Waals surface area contributed by atoms with Crippen LogP contribution in [0.3, 0.4) is 0 Å². The van der Waals surface area contributed by atoms with Crippen LogP contribution in [0.4, 0.5) is 0 Å². The molecule has 92 valence electrons. The number of nitriles is 1. The lowest BCUT2D eigenvalue weighted by Crippen LogP contribution is -2.12. The van der Waals surface area contributed by atoms with E-state index >= 15 is 0 Å². The molecule has 2 rings (SSSR count). The molecule has 0 aliphatic rings. The SMILES string of the molecule is COc1ccc(CNCc2nccs2)cc1C#N. The normalized spacial score (nSPS) is 10.0. The summed E-state index contributed by atoms with van der Waals surface area (Å²) in [6.07, 6.45) is 1.79. The molecule has 0 saturated carbocycles. The molecular weight excluding hydrogens is 246 g/mol. The fraction of sp³-hybridized carbons (Fsp3) is 0.231. The topological polar surface area (TPSA) is 57.9 Å². The Morgan fingerprint density at radius 1 is 1.44 bits per heavy atom. The summed E-state index contributed by atoms with van der Waals surface area (Å²) in [7, 11) is 1.57.